The Labute approximate surface area is 96.2 Å². The molecule has 0 heterocycles. The quantitative estimate of drug-likeness (QED) is 0.812. The Balaban J connectivity index is 2.66. The van der Waals surface area contributed by atoms with E-state index in [1.807, 2.05) is 42.3 Å². The molecule has 4 heteroatoms. The van der Waals surface area contributed by atoms with Gasteiger partial charge in [0.25, 0.3) is 0 Å². The van der Waals surface area contributed by atoms with Crippen molar-refractivity contribution in [2.75, 3.05) is 25.6 Å². The standard InChI is InChI=1S/C12H17N3O/c1-15(8-7-10(14)9-13)11-5-3-4-6-12(11)16-2/h3-6,10H,7-8,14H2,1-2H3. The fraction of sp³-hybridized carbons (Fsp3) is 0.417. The molecule has 0 fully saturated rings. The maximum absolute atomic E-state index is 8.60. The van der Waals surface area contributed by atoms with Crippen LogP contribution in [-0.2, 0) is 0 Å². The minimum atomic E-state index is -0.405. The number of benzene rings is 1. The number of anilines is 1. The molecule has 2 N–H and O–H groups in total. The fourth-order valence-electron chi connectivity index (χ4n) is 1.46. The lowest BCUT2D eigenvalue weighted by Crippen LogP contribution is -2.27. The second kappa shape index (κ2) is 5.99. The number of nitrogens with zero attached hydrogens (tertiary/aromatic N) is 2. The smallest absolute Gasteiger partial charge is 0.142 e. The minimum Gasteiger partial charge on any atom is -0.495 e. The van der Waals surface area contributed by atoms with E-state index in [1.54, 1.807) is 7.11 Å². The van der Waals surface area contributed by atoms with Crippen molar-refractivity contribution in [3.8, 4) is 11.8 Å². The second-order valence-corrected chi connectivity index (χ2v) is 3.62. The van der Waals surface area contributed by atoms with Gasteiger partial charge < -0.3 is 15.4 Å². The predicted octanol–water partition coefficient (Wildman–Crippen LogP) is 1.37. The normalized spacial score (nSPS) is 11.6. The summed E-state index contributed by atoms with van der Waals surface area (Å²) in [4.78, 5) is 2.04. The highest BCUT2D eigenvalue weighted by atomic mass is 16.5. The lowest BCUT2D eigenvalue weighted by molar-refractivity contribution is 0.414. The van der Waals surface area contributed by atoms with E-state index in [9.17, 15) is 0 Å². The summed E-state index contributed by atoms with van der Waals surface area (Å²) in [5.74, 6) is 0.829. The molecular weight excluding hydrogens is 202 g/mol. The number of rotatable bonds is 5. The molecule has 16 heavy (non-hydrogen) atoms. The van der Waals surface area contributed by atoms with Gasteiger partial charge in [-0.15, -0.1) is 0 Å². The van der Waals surface area contributed by atoms with Gasteiger partial charge in [-0.3, -0.25) is 0 Å². The summed E-state index contributed by atoms with van der Waals surface area (Å²) < 4.78 is 5.26. The Morgan fingerprint density at radius 1 is 1.50 bits per heavy atom. The summed E-state index contributed by atoms with van der Waals surface area (Å²) in [6.07, 6.45) is 0.644. The van der Waals surface area contributed by atoms with Gasteiger partial charge >= 0.3 is 0 Å². The molecule has 1 atom stereocenters. The SMILES string of the molecule is COc1ccccc1N(C)CCC(N)C#N. The highest BCUT2D eigenvalue weighted by Gasteiger charge is 2.08. The van der Waals surface area contributed by atoms with Crippen LogP contribution in [0.2, 0.25) is 0 Å². The molecule has 1 aromatic carbocycles. The van der Waals surface area contributed by atoms with Crippen LogP contribution in [-0.4, -0.2) is 26.7 Å². The lowest BCUT2D eigenvalue weighted by atomic mass is 10.2. The Hall–Kier alpha value is -1.73. The van der Waals surface area contributed by atoms with Crippen LogP contribution in [0.15, 0.2) is 24.3 Å². The largest absolute Gasteiger partial charge is 0.495 e. The summed E-state index contributed by atoms with van der Waals surface area (Å²) >= 11 is 0. The highest BCUT2D eigenvalue weighted by Crippen LogP contribution is 2.26. The zero-order chi connectivity index (χ0) is 12.0. The van der Waals surface area contributed by atoms with Crippen molar-refractivity contribution < 1.29 is 4.74 Å². The molecular formula is C12H17N3O. The first kappa shape index (κ1) is 12.3. The Bertz CT molecular complexity index is 373. The number of hydrogen-bond acceptors (Lipinski definition) is 4. The molecule has 0 aliphatic rings. The summed E-state index contributed by atoms with van der Waals surface area (Å²) in [5, 5.41) is 8.60. The first-order valence-electron chi connectivity index (χ1n) is 5.18. The van der Waals surface area contributed by atoms with Gasteiger partial charge in [-0.1, -0.05) is 12.1 Å². The Morgan fingerprint density at radius 3 is 2.81 bits per heavy atom. The Kier molecular flexibility index (Phi) is 4.62. The molecule has 0 amide bonds. The van der Waals surface area contributed by atoms with E-state index >= 15 is 0 Å². The number of nitriles is 1. The van der Waals surface area contributed by atoms with Gasteiger partial charge in [-0.2, -0.15) is 5.26 Å². The van der Waals surface area contributed by atoms with E-state index in [1.165, 1.54) is 0 Å². The van der Waals surface area contributed by atoms with Gasteiger partial charge in [0, 0.05) is 13.6 Å². The molecule has 0 saturated heterocycles. The van der Waals surface area contributed by atoms with Crippen LogP contribution < -0.4 is 15.4 Å². The van der Waals surface area contributed by atoms with Crippen LogP contribution in [0.1, 0.15) is 6.42 Å². The van der Waals surface area contributed by atoms with Crippen molar-refractivity contribution >= 4 is 5.69 Å². The molecule has 4 nitrogen and oxygen atoms in total. The van der Waals surface area contributed by atoms with E-state index in [0.717, 1.165) is 18.0 Å². The average Bonchev–Trinajstić information content (AvgIpc) is 2.35. The maximum atomic E-state index is 8.60. The van der Waals surface area contributed by atoms with Crippen molar-refractivity contribution in [2.24, 2.45) is 5.73 Å². The molecule has 0 bridgehead atoms. The van der Waals surface area contributed by atoms with Crippen molar-refractivity contribution in [3.63, 3.8) is 0 Å². The molecule has 86 valence electrons. The number of hydrogen-bond donors (Lipinski definition) is 1. The Morgan fingerprint density at radius 2 is 2.19 bits per heavy atom. The summed E-state index contributed by atoms with van der Waals surface area (Å²) in [7, 11) is 3.61. The number of para-hydroxylation sites is 2. The van der Waals surface area contributed by atoms with Crippen LogP contribution in [0.5, 0.6) is 5.75 Å². The molecule has 0 saturated carbocycles. The van der Waals surface area contributed by atoms with Crippen LogP contribution >= 0.6 is 0 Å². The topological polar surface area (TPSA) is 62.3 Å². The monoisotopic (exact) mass is 219 g/mol. The fourth-order valence-corrected chi connectivity index (χ4v) is 1.46. The number of ether oxygens (including phenoxy) is 1. The van der Waals surface area contributed by atoms with E-state index in [2.05, 4.69) is 0 Å². The summed E-state index contributed by atoms with van der Waals surface area (Å²) in [6, 6.07) is 9.40. The van der Waals surface area contributed by atoms with Crippen LogP contribution in [0.3, 0.4) is 0 Å². The third kappa shape index (κ3) is 3.14. The zero-order valence-corrected chi connectivity index (χ0v) is 9.68. The van der Waals surface area contributed by atoms with Crippen molar-refractivity contribution in [1.29, 1.82) is 5.26 Å². The highest BCUT2D eigenvalue weighted by molar-refractivity contribution is 5.57. The van der Waals surface area contributed by atoms with Crippen LogP contribution in [0, 0.1) is 11.3 Å². The molecule has 1 rings (SSSR count). The number of methoxy groups -OCH3 is 1. The van der Waals surface area contributed by atoms with Crippen molar-refractivity contribution in [2.45, 2.75) is 12.5 Å². The van der Waals surface area contributed by atoms with E-state index in [-0.39, 0.29) is 0 Å². The lowest BCUT2D eigenvalue weighted by Gasteiger charge is -2.21. The first-order valence-corrected chi connectivity index (χ1v) is 5.18. The van der Waals surface area contributed by atoms with E-state index in [0.29, 0.717) is 6.42 Å². The molecule has 0 radical (unpaired) electrons. The zero-order valence-electron chi connectivity index (χ0n) is 9.68. The average molecular weight is 219 g/mol. The minimum absolute atomic E-state index is 0.405. The van der Waals surface area contributed by atoms with Gasteiger partial charge in [0.2, 0.25) is 0 Å². The molecule has 0 aliphatic carbocycles. The molecule has 1 unspecified atom stereocenters. The van der Waals surface area contributed by atoms with Gasteiger partial charge in [-0.25, -0.2) is 0 Å². The second-order valence-electron chi connectivity index (χ2n) is 3.62. The van der Waals surface area contributed by atoms with Gasteiger partial charge in [0.05, 0.1) is 24.9 Å². The maximum Gasteiger partial charge on any atom is 0.142 e. The number of nitrogens with two attached hydrogens (primary N) is 1. The first-order chi connectivity index (χ1) is 7.69. The van der Waals surface area contributed by atoms with Gasteiger partial charge in [0.1, 0.15) is 5.75 Å². The molecule has 1 aromatic rings. The van der Waals surface area contributed by atoms with Gasteiger partial charge in [0.15, 0.2) is 0 Å². The van der Waals surface area contributed by atoms with Crippen LogP contribution in [0.4, 0.5) is 5.69 Å². The molecule has 0 aliphatic heterocycles. The van der Waals surface area contributed by atoms with Gasteiger partial charge in [-0.05, 0) is 18.6 Å². The molecule has 0 aromatic heterocycles. The molecule has 0 spiro atoms. The third-order valence-electron chi connectivity index (χ3n) is 2.44. The van der Waals surface area contributed by atoms with Crippen LogP contribution in [0.25, 0.3) is 0 Å². The summed E-state index contributed by atoms with van der Waals surface area (Å²) in [5.41, 5.74) is 6.56. The van der Waals surface area contributed by atoms with E-state index in [4.69, 9.17) is 15.7 Å². The third-order valence-corrected chi connectivity index (χ3v) is 2.44. The van der Waals surface area contributed by atoms with Crippen molar-refractivity contribution in [3.05, 3.63) is 24.3 Å². The van der Waals surface area contributed by atoms with E-state index < -0.39 is 6.04 Å². The van der Waals surface area contributed by atoms with Crippen molar-refractivity contribution in [1.82, 2.24) is 0 Å². The summed E-state index contributed by atoms with van der Waals surface area (Å²) in [6.45, 7) is 0.731. The predicted molar refractivity (Wildman–Crippen MR) is 64.5 cm³/mol.